The molecule has 0 saturated heterocycles. The van der Waals surface area contributed by atoms with E-state index in [1.165, 1.54) is 7.11 Å². The molecule has 1 aliphatic rings. The number of benzene rings is 1. The quantitative estimate of drug-likeness (QED) is 0.473. The van der Waals surface area contributed by atoms with Crippen LogP contribution in [-0.2, 0) is 14.3 Å². The number of rotatable bonds is 3. The van der Waals surface area contributed by atoms with Crippen molar-refractivity contribution in [1.29, 1.82) is 0 Å². The predicted octanol–water partition coefficient (Wildman–Crippen LogP) is 2.66. The molecule has 0 fully saturated rings. The molecule has 0 saturated carbocycles. The van der Waals surface area contributed by atoms with Crippen molar-refractivity contribution in [1.82, 2.24) is 0 Å². The Morgan fingerprint density at radius 2 is 2.24 bits per heavy atom. The minimum Gasteiger partial charge on any atom is -0.490 e. The van der Waals surface area contributed by atoms with Gasteiger partial charge in [0.15, 0.2) is 6.61 Å². The predicted molar refractivity (Wildman–Crippen MR) is 78.3 cm³/mol. The molecule has 7 heteroatoms. The maximum atomic E-state index is 12.0. The highest BCUT2D eigenvalue weighted by Crippen LogP contribution is 2.37. The minimum absolute atomic E-state index is 0.0729. The van der Waals surface area contributed by atoms with Gasteiger partial charge in [-0.1, -0.05) is 28.1 Å². The lowest BCUT2D eigenvalue weighted by molar-refractivity contribution is -0.530. The van der Waals surface area contributed by atoms with Gasteiger partial charge in [0.25, 0.3) is 6.04 Å². The fourth-order valence-corrected chi connectivity index (χ4v) is 2.86. The van der Waals surface area contributed by atoms with Crippen molar-refractivity contribution in [2.75, 3.05) is 13.7 Å². The molecule has 1 aliphatic heterocycles. The van der Waals surface area contributed by atoms with E-state index in [-0.39, 0.29) is 12.2 Å². The highest BCUT2D eigenvalue weighted by molar-refractivity contribution is 9.10. The largest absolute Gasteiger partial charge is 0.490 e. The number of methoxy groups -OCH3 is 1. The Morgan fingerprint density at radius 3 is 2.81 bits per heavy atom. The molecule has 21 heavy (non-hydrogen) atoms. The first kappa shape index (κ1) is 15.5. The Labute approximate surface area is 130 Å². The average molecular weight is 356 g/mol. The van der Waals surface area contributed by atoms with E-state index < -0.39 is 22.9 Å². The number of carbonyl (C=O) groups is 1. The lowest BCUT2D eigenvalue weighted by atomic mass is 9.83. The van der Waals surface area contributed by atoms with Crippen LogP contribution in [0.4, 0.5) is 0 Å². The molecule has 1 aromatic carbocycles. The molecule has 2 atom stereocenters. The lowest BCUT2D eigenvalue weighted by Gasteiger charge is -2.29. The van der Waals surface area contributed by atoms with Gasteiger partial charge in [0.2, 0.25) is 0 Å². The van der Waals surface area contributed by atoms with E-state index in [1.54, 1.807) is 25.1 Å². The van der Waals surface area contributed by atoms with Crippen LogP contribution in [0.25, 0.3) is 0 Å². The molecule has 1 heterocycles. The SMILES string of the molecule is COC(=O)C1=C(C)OCC([N+](=O)[O-])[C@@H]1c1cccc(Br)c1. The van der Waals surface area contributed by atoms with Gasteiger partial charge in [0.05, 0.1) is 18.6 Å². The van der Waals surface area contributed by atoms with Gasteiger partial charge >= 0.3 is 5.97 Å². The van der Waals surface area contributed by atoms with Crippen molar-refractivity contribution in [2.24, 2.45) is 0 Å². The third kappa shape index (κ3) is 3.07. The summed E-state index contributed by atoms with van der Waals surface area (Å²) in [4.78, 5) is 22.9. The van der Waals surface area contributed by atoms with Gasteiger partial charge in [-0.25, -0.2) is 4.79 Å². The van der Waals surface area contributed by atoms with E-state index in [0.717, 1.165) is 4.47 Å². The summed E-state index contributed by atoms with van der Waals surface area (Å²) in [5.74, 6) is -0.937. The van der Waals surface area contributed by atoms with E-state index in [1.807, 2.05) is 6.07 Å². The monoisotopic (exact) mass is 355 g/mol. The van der Waals surface area contributed by atoms with Gasteiger partial charge < -0.3 is 9.47 Å². The van der Waals surface area contributed by atoms with Crippen LogP contribution < -0.4 is 0 Å². The highest BCUT2D eigenvalue weighted by atomic mass is 79.9. The number of halogens is 1. The Bertz CT molecular complexity index is 613. The van der Waals surface area contributed by atoms with Crippen LogP contribution in [0.3, 0.4) is 0 Å². The zero-order chi connectivity index (χ0) is 15.6. The summed E-state index contributed by atoms with van der Waals surface area (Å²) in [7, 11) is 1.25. The van der Waals surface area contributed by atoms with Gasteiger partial charge in [-0.05, 0) is 24.6 Å². The maximum absolute atomic E-state index is 12.0. The molecule has 0 radical (unpaired) electrons. The first-order valence-corrected chi connectivity index (χ1v) is 7.05. The Balaban J connectivity index is 2.58. The molecule has 0 aromatic heterocycles. The van der Waals surface area contributed by atoms with E-state index in [0.29, 0.717) is 11.3 Å². The Kier molecular flexibility index (Phi) is 4.62. The number of nitro groups is 1. The molecule has 112 valence electrons. The van der Waals surface area contributed by atoms with Gasteiger partial charge in [-0.3, -0.25) is 10.1 Å². The molecule has 6 nitrogen and oxygen atoms in total. The van der Waals surface area contributed by atoms with E-state index in [4.69, 9.17) is 9.47 Å². The number of carbonyl (C=O) groups excluding carboxylic acids is 1. The molecule has 0 aliphatic carbocycles. The van der Waals surface area contributed by atoms with Crippen LogP contribution in [0.5, 0.6) is 0 Å². The molecule has 1 unspecified atom stereocenters. The topological polar surface area (TPSA) is 78.7 Å². The number of allylic oxidation sites excluding steroid dienone is 1. The standard InChI is InChI=1S/C14H14BrNO5/c1-8-12(14(17)20-2)13(11(7-21-8)16(18)19)9-4-3-5-10(15)6-9/h3-6,11,13H,7H2,1-2H3/t11?,13-/m0/s1. The lowest BCUT2D eigenvalue weighted by Crippen LogP contribution is -2.39. The summed E-state index contributed by atoms with van der Waals surface area (Å²) in [6.45, 7) is 1.55. The smallest absolute Gasteiger partial charge is 0.338 e. The van der Waals surface area contributed by atoms with Gasteiger partial charge in [-0.2, -0.15) is 0 Å². The molecule has 0 N–H and O–H groups in total. The van der Waals surface area contributed by atoms with Crippen LogP contribution in [0.15, 0.2) is 40.1 Å². The second-order valence-electron chi connectivity index (χ2n) is 4.66. The average Bonchev–Trinajstić information content (AvgIpc) is 2.45. The second kappa shape index (κ2) is 6.26. The van der Waals surface area contributed by atoms with Crippen LogP contribution >= 0.6 is 15.9 Å². The molecule has 2 rings (SSSR count). The van der Waals surface area contributed by atoms with Crippen LogP contribution in [-0.4, -0.2) is 30.7 Å². The van der Waals surface area contributed by atoms with Crippen molar-refractivity contribution in [2.45, 2.75) is 18.9 Å². The zero-order valence-corrected chi connectivity index (χ0v) is 13.1. The summed E-state index contributed by atoms with van der Waals surface area (Å²) >= 11 is 3.34. The molecule has 0 spiro atoms. The van der Waals surface area contributed by atoms with Crippen LogP contribution in [0.1, 0.15) is 18.4 Å². The van der Waals surface area contributed by atoms with Gasteiger partial charge in [0, 0.05) is 9.40 Å². The summed E-state index contributed by atoms with van der Waals surface area (Å²) in [6, 6.07) is 6.09. The summed E-state index contributed by atoms with van der Waals surface area (Å²) < 4.78 is 10.8. The van der Waals surface area contributed by atoms with Crippen molar-refractivity contribution >= 4 is 21.9 Å². The number of esters is 1. The fraction of sp³-hybridized carbons (Fsp3) is 0.357. The summed E-state index contributed by atoms with van der Waals surface area (Å²) in [5.41, 5.74) is 0.873. The number of hydrogen-bond acceptors (Lipinski definition) is 5. The Morgan fingerprint density at radius 1 is 1.52 bits per heavy atom. The summed E-state index contributed by atoms with van der Waals surface area (Å²) in [6.07, 6.45) is 0. The number of ether oxygens (including phenoxy) is 2. The maximum Gasteiger partial charge on any atom is 0.338 e. The van der Waals surface area contributed by atoms with Crippen molar-refractivity contribution in [3.8, 4) is 0 Å². The minimum atomic E-state index is -1.03. The van der Waals surface area contributed by atoms with Crippen molar-refractivity contribution in [3.63, 3.8) is 0 Å². The second-order valence-corrected chi connectivity index (χ2v) is 5.57. The number of hydrogen-bond donors (Lipinski definition) is 0. The third-order valence-corrected chi connectivity index (χ3v) is 3.92. The van der Waals surface area contributed by atoms with Crippen LogP contribution in [0, 0.1) is 10.1 Å². The van der Waals surface area contributed by atoms with Crippen LogP contribution in [0.2, 0.25) is 0 Å². The van der Waals surface area contributed by atoms with Gasteiger partial charge in [0.1, 0.15) is 5.76 Å². The molecule has 0 amide bonds. The highest BCUT2D eigenvalue weighted by Gasteiger charge is 2.44. The van der Waals surface area contributed by atoms with E-state index >= 15 is 0 Å². The van der Waals surface area contributed by atoms with Crippen molar-refractivity contribution < 1.29 is 19.2 Å². The first-order chi connectivity index (χ1) is 9.95. The molecule has 0 bridgehead atoms. The van der Waals surface area contributed by atoms with E-state index in [9.17, 15) is 14.9 Å². The molecular weight excluding hydrogens is 342 g/mol. The summed E-state index contributed by atoms with van der Waals surface area (Å²) in [5, 5.41) is 11.3. The molecule has 1 aromatic rings. The zero-order valence-electron chi connectivity index (χ0n) is 11.5. The Hall–Kier alpha value is -1.89. The normalized spacial score (nSPS) is 21.7. The third-order valence-electron chi connectivity index (χ3n) is 3.43. The van der Waals surface area contributed by atoms with Gasteiger partial charge in [-0.15, -0.1) is 0 Å². The first-order valence-electron chi connectivity index (χ1n) is 6.26. The van der Waals surface area contributed by atoms with E-state index in [2.05, 4.69) is 15.9 Å². The fourth-order valence-electron chi connectivity index (χ4n) is 2.45. The number of nitrogens with zero attached hydrogens (tertiary/aromatic N) is 1. The van der Waals surface area contributed by atoms with Crippen molar-refractivity contribution in [3.05, 3.63) is 55.7 Å². The molecular formula is C14H14BrNO5.